The first-order valence-electron chi connectivity index (χ1n) is 11.3. The Morgan fingerprint density at radius 2 is 1.42 bits per heavy atom. The summed E-state index contributed by atoms with van der Waals surface area (Å²) in [4.78, 5) is 0.733. The Labute approximate surface area is 201 Å². The largest absolute Gasteiger partial charge is 0.404 e. The number of benzene rings is 3. The standard InChI is InChI=1S/C28H34O3SSi/c1-23-17-19-25(20-18-23)32(30)22-24(29)12-11-21-31-33(28(2,3)4,26-13-7-5-8-14-26)27-15-9-6-10-16-27/h5-20,24,29H,21-22H2,1-4H3/b12-11-/t24-,32?/m1/s1. The van der Waals surface area contributed by atoms with Gasteiger partial charge in [-0.15, -0.1) is 0 Å². The maximum Gasteiger partial charge on any atom is 0.261 e. The van der Waals surface area contributed by atoms with E-state index in [0.717, 1.165) is 10.5 Å². The lowest BCUT2D eigenvalue weighted by Crippen LogP contribution is -2.66. The molecule has 5 heteroatoms. The van der Waals surface area contributed by atoms with Gasteiger partial charge in [0.15, 0.2) is 0 Å². The summed E-state index contributed by atoms with van der Waals surface area (Å²) < 4.78 is 19.3. The summed E-state index contributed by atoms with van der Waals surface area (Å²) in [5.41, 5.74) is 1.12. The Morgan fingerprint density at radius 1 is 0.909 bits per heavy atom. The van der Waals surface area contributed by atoms with Crippen LogP contribution in [-0.4, -0.2) is 36.1 Å². The lowest BCUT2D eigenvalue weighted by atomic mass is 10.2. The molecule has 0 saturated carbocycles. The smallest absolute Gasteiger partial charge is 0.261 e. The van der Waals surface area contributed by atoms with Gasteiger partial charge in [-0.05, 0) is 34.5 Å². The van der Waals surface area contributed by atoms with Crippen molar-refractivity contribution < 1.29 is 13.7 Å². The van der Waals surface area contributed by atoms with Gasteiger partial charge in [-0.3, -0.25) is 4.21 Å². The molecule has 3 aromatic rings. The van der Waals surface area contributed by atoms with E-state index in [9.17, 15) is 9.32 Å². The second-order valence-corrected chi connectivity index (χ2v) is 15.1. The minimum atomic E-state index is -2.60. The van der Waals surface area contributed by atoms with Gasteiger partial charge >= 0.3 is 0 Å². The van der Waals surface area contributed by atoms with Crippen LogP contribution in [0.5, 0.6) is 0 Å². The fraction of sp³-hybridized carbons (Fsp3) is 0.286. The van der Waals surface area contributed by atoms with Crippen molar-refractivity contribution >= 4 is 29.5 Å². The zero-order valence-electron chi connectivity index (χ0n) is 19.9. The lowest BCUT2D eigenvalue weighted by molar-refractivity contribution is 0.245. The molecule has 0 saturated heterocycles. The summed E-state index contributed by atoms with van der Waals surface area (Å²) >= 11 is 0. The zero-order valence-corrected chi connectivity index (χ0v) is 21.7. The minimum Gasteiger partial charge on any atom is -0.404 e. The van der Waals surface area contributed by atoms with Gasteiger partial charge in [0.25, 0.3) is 8.32 Å². The van der Waals surface area contributed by atoms with Crippen LogP contribution < -0.4 is 10.4 Å². The van der Waals surface area contributed by atoms with E-state index in [1.807, 2.05) is 49.4 Å². The fourth-order valence-corrected chi connectivity index (χ4v) is 9.70. The van der Waals surface area contributed by atoms with Crippen LogP contribution in [0.3, 0.4) is 0 Å². The Kier molecular flexibility index (Phi) is 8.60. The molecule has 0 aromatic heterocycles. The van der Waals surface area contributed by atoms with Crippen LogP contribution in [0.15, 0.2) is 102 Å². The van der Waals surface area contributed by atoms with Crippen molar-refractivity contribution in [3.8, 4) is 0 Å². The van der Waals surface area contributed by atoms with Crippen LogP contribution in [0, 0.1) is 6.92 Å². The number of hydrogen-bond donors (Lipinski definition) is 1. The van der Waals surface area contributed by atoms with Crippen molar-refractivity contribution in [1.29, 1.82) is 0 Å². The Hall–Kier alpha value is -2.31. The molecule has 174 valence electrons. The highest BCUT2D eigenvalue weighted by atomic mass is 32.2. The zero-order chi connectivity index (χ0) is 23.9. The lowest BCUT2D eigenvalue weighted by Gasteiger charge is -2.42. The maximum atomic E-state index is 12.6. The molecule has 3 nitrogen and oxygen atoms in total. The quantitative estimate of drug-likeness (QED) is 0.361. The number of hydrogen-bond acceptors (Lipinski definition) is 3. The van der Waals surface area contributed by atoms with E-state index in [0.29, 0.717) is 6.61 Å². The number of aryl methyl sites for hydroxylation is 1. The van der Waals surface area contributed by atoms with E-state index in [2.05, 4.69) is 69.3 Å². The third-order valence-electron chi connectivity index (χ3n) is 5.78. The molecule has 1 N–H and O–H groups in total. The van der Waals surface area contributed by atoms with E-state index in [1.54, 1.807) is 6.08 Å². The van der Waals surface area contributed by atoms with Gasteiger partial charge in [0.05, 0.1) is 29.3 Å². The van der Waals surface area contributed by atoms with Gasteiger partial charge in [-0.2, -0.15) is 0 Å². The molecule has 2 atom stereocenters. The van der Waals surface area contributed by atoms with Gasteiger partial charge in [0, 0.05) is 4.90 Å². The predicted molar refractivity (Wildman–Crippen MR) is 141 cm³/mol. The molecule has 0 spiro atoms. The second kappa shape index (κ2) is 11.2. The van der Waals surface area contributed by atoms with Crippen LogP contribution in [-0.2, 0) is 15.2 Å². The monoisotopic (exact) mass is 478 g/mol. The topological polar surface area (TPSA) is 46.5 Å². The predicted octanol–water partition coefficient (Wildman–Crippen LogP) is 4.60. The highest BCUT2D eigenvalue weighted by molar-refractivity contribution is 7.85. The molecule has 0 bridgehead atoms. The second-order valence-electron chi connectivity index (χ2n) is 9.29. The third-order valence-corrected chi connectivity index (χ3v) is 12.2. The maximum absolute atomic E-state index is 12.6. The first kappa shape index (κ1) is 25.3. The molecule has 0 aliphatic heterocycles. The van der Waals surface area contributed by atoms with E-state index in [-0.39, 0.29) is 10.8 Å². The molecule has 0 aliphatic rings. The van der Waals surface area contributed by atoms with Crippen LogP contribution in [0.1, 0.15) is 26.3 Å². The number of rotatable bonds is 9. The Morgan fingerprint density at radius 3 is 1.91 bits per heavy atom. The molecule has 0 radical (unpaired) electrons. The van der Waals surface area contributed by atoms with Gasteiger partial charge in [-0.25, -0.2) is 0 Å². The van der Waals surface area contributed by atoms with Gasteiger partial charge in [0.2, 0.25) is 0 Å². The molecule has 0 heterocycles. The first-order valence-corrected chi connectivity index (χ1v) is 14.5. The molecule has 0 fully saturated rings. The van der Waals surface area contributed by atoms with E-state index >= 15 is 0 Å². The summed E-state index contributed by atoms with van der Waals surface area (Å²) in [5.74, 6) is 0.165. The summed E-state index contributed by atoms with van der Waals surface area (Å²) in [5, 5.41) is 12.8. The minimum absolute atomic E-state index is 0.102. The van der Waals surface area contributed by atoms with Gasteiger partial charge in [0.1, 0.15) is 0 Å². The normalized spacial score (nSPS) is 14.3. The molecular formula is C28H34O3SSi. The summed E-state index contributed by atoms with van der Waals surface area (Å²) in [7, 11) is -3.86. The first-order chi connectivity index (χ1) is 15.7. The summed E-state index contributed by atoms with van der Waals surface area (Å²) in [6.45, 7) is 9.09. The SMILES string of the molecule is Cc1ccc(S(=O)C[C@H](O)/C=C\CO[Si](c2ccccc2)(c2ccccc2)C(C)(C)C)cc1. The molecular weight excluding hydrogens is 444 g/mol. The highest BCUT2D eigenvalue weighted by Gasteiger charge is 2.49. The van der Waals surface area contributed by atoms with Crippen LogP contribution in [0.25, 0.3) is 0 Å². The average Bonchev–Trinajstić information content (AvgIpc) is 2.80. The Bertz CT molecular complexity index is 1020. The molecule has 33 heavy (non-hydrogen) atoms. The van der Waals surface area contributed by atoms with E-state index < -0.39 is 25.2 Å². The molecule has 1 unspecified atom stereocenters. The molecule has 0 aliphatic carbocycles. The van der Waals surface area contributed by atoms with Crippen molar-refractivity contribution in [2.75, 3.05) is 12.4 Å². The Balaban J connectivity index is 1.77. The van der Waals surface area contributed by atoms with Gasteiger partial charge in [-0.1, -0.05) is 111 Å². The van der Waals surface area contributed by atoms with E-state index in [4.69, 9.17) is 4.43 Å². The number of aliphatic hydroxyl groups excluding tert-OH is 1. The highest BCUT2D eigenvalue weighted by Crippen LogP contribution is 2.36. The molecule has 3 aromatic carbocycles. The summed E-state index contributed by atoms with van der Waals surface area (Å²) in [6, 6.07) is 28.5. The van der Waals surface area contributed by atoms with Crippen molar-refractivity contribution in [3.05, 3.63) is 103 Å². The third kappa shape index (κ3) is 6.18. The van der Waals surface area contributed by atoms with Crippen LogP contribution >= 0.6 is 0 Å². The molecule has 0 amide bonds. The van der Waals surface area contributed by atoms with Crippen LogP contribution in [0.4, 0.5) is 0 Å². The van der Waals surface area contributed by atoms with Crippen molar-refractivity contribution in [2.24, 2.45) is 0 Å². The summed E-state index contributed by atoms with van der Waals surface area (Å²) in [6.07, 6.45) is 2.76. The average molecular weight is 479 g/mol. The van der Waals surface area contributed by atoms with E-state index in [1.165, 1.54) is 10.4 Å². The fourth-order valence-electron chi connectivity index (χ4n) is 4.14. The number of aliphatic hydroxyl groups is 1. The van der Waals surface area contributed by atoms with Crippen molar-refractivity contribution in [3.63, 3.8) is 0 Å². The van der Waals surface area contributed by atoms with Crippen LogP contribution in [0.2, 0.25) is 5.04 Å². The molecule has 3 rings (SSSR count). The van der Waals surface area contributed by atoms with Gasteiger partial charge < -0.3 is 9.53 Å². The van der Waals surface area contributed by atoms with Crippen molar-refractivity contribution in [1.82, 2.24) is 0 Å². The van der Waals surface area contributed by atoms with Crippen molar-refractivity contribution in [2.45, 2.75) is 43.7 Å².